The number of hydrogen-bond acceptors (Lipinski definition) is 5. The van der Waals surface area contributed by atoms with Gasteiger partial charge in [-0.3, -0.25) is 0 Å². The second kappa shape index (κ2) is 6.33. The Kier molecular flexibility index (Phi) is 4.52. The number of aromatic nitrogens is 2. The molecule has 2 aromatic rings. The van der Waals surface area contributed by atoms with Gasteiger partial charge in [-0.2, -0.15) is 4.98 Å². The fourth-order valence-corrected chi connectivity index (χ4v) is 1.61. The van der Waals surface area contributed by atoms with E-state index in [9.17, 15) is 5.11 Å². The quantitative estimate of drug-likeness (QED) is 0.866. The molecule has 0 bridgehead atoms. The lowest BCUT2D eigenvalue weighted by Gasteiger charge is -2.04. The molecule has 1 atom stereocenters. The Morgan fingerprint density at radius 3 is 2.95 bits per heavy atom. The van der Waals surface area contributed by atoms with Crippen LogP contribution in [0.5, 0.6) is 5.75 Å². The van der Waals surface area contributed by atoms with Crippen LogP contribution in [0, 0.1) is 0 Å². The molecule has 1 N–H and O–H groups in total. The summed E-state index contributed by atoms with van der Waals surface area (Å²) in [4.78, 5) is 4.19. The first kappa shape index (κ1) is 13.5. The Morgan fingerprint density at radius 1 is 1.37 bits per heavy atom. The summed E-state index contributed by atoms with van der Waals surface area (Å²) in [6.45, 7) is 4.59. The van der Waals surface area contributed by atoms with Crippen LogP contribution in [0.3, 0.4) is 0 Å². The zero-order valence-electron chi connectivity index (χ0n) is 11.2. The summed E-state index contributed by atoms with van der Waals surface area (Å²) in [5, 5.41) is 13.4. The predicted octanol–water partition coefficient (Wildman–Crippen LogP) is 2.97. The van der Waals surface area contributed by atoms with Gasteiger partial charge in [0.2, 0.25) is 5.82 Å². The van der Waals surface area contributed by atoms with Crippen LogP contribution in [0.25, 0.3) is 11.5 Å². The predicted molar refractivity (Wildman–Crippen MR) is 70.8 cm³/mol. The van der Waals surface area contributed by atoms with E-state index >= 15 is 0 Å². The van der Waals surface area contributed by atoms with Crippen LogP contribution in [0.4, 0.5) is 0 Å². The molecule has 1 heterocycles. The summed E-state index contributed by atoms with van der Waals surface area (Å²) in [5.74, 6) is 1.48. The minimum Gasteiger partial charge on any atom is -0.494 e. The van der Waals surface area contributed by atoms with Crippen LogP contribution in [0.2, 0.25) is 0 Å². The lowest BCUT2D eigenvalue weighted by Crippen LogP contribution is -1.97. The van der Waals surface area contributed by atoms with Crippen LogP contribution >= 0.6 is 0 Å². The van der Waals surface area contributed by atoms with Crippen molar-refractivity contribution in [3.63, 3.8) is 0 Å². The molecule has 0 aliphatic rings. The fraction of sp³-hybridized carbons (Fsp3) is 0.429. The van der Waals surface area contributed by atoms with E-state index in [2.05, 4.69) is 17.1 Å². The highest BCUT2D eigenvalue weighted by Gasteiger charge is 2.15. The van der Waals surface area contributed by atoms with Gasteiger partial charge < -0.3 is 14.4 Å². The van der Waals surface area contributed by atoms with Gasteiger partial charge in [0.15, 0.2) is 0 Å². The monoisotopic (exact) mass is 262 g/mol. The van der Waals surface area contributed by atoms with Crippen molar-refractivity contribution in [3.8, 4) is 17.2 Å². The van der Waals surface area contributed by atoms with Gasteiger partial charge >= 0.3 is 0 Å². The molecular weight excluding hydrogens is 244 g/mol. The van der Waals surface area contributed by atoms with Gasteiger partial charge in [0.1, 0.15) is 11.9 Å². The second-order valence-electron chi connectivity index (χ2n) is 4.26. The van der Waals surface area contributed by atoms with Gasteiger partial charge in [-0.1, -0.05) is 25.1 Å². The molecule has 5 nitrogen and oxygen atoms in total. The Labute approximate surface area is 112 Å². The number of hydrogen-bond donors (Lipinski definition) is 1. The van der Waals surface area contributed by atoms with Crippen LogP contribution in [-0.4, -0.2) is 21.9 Å². The maximum absolute atomic E-state index is 9.65. The normalized spacial score (nSPS) is 12.4. The third kappa shape index (κ3) is 3.32. The van der Waals surface area contributed by atoms with Crippen molar-refractivity contribution in [2.24, 2.45) is 0 Å². The van der Waals surface area contributed by atoms with Crippen LogP contribution < -0.4 is 4.74 Å². The SMILES string of the molecule is CCCOc1cccc(-c2nc(C(O)CC)no2)c1. The summed E-state index contributed by atoms with van der Waals surface area (Å²) >= 11 is 0. The molecule has 102 valence electrons. The van der Waals surface area contributed by atoms with Gasteiger partial charge in [0.05, 0.1) is 6.61 Å². The topological polar surface area (TPSA) is 68.4 Å². The van der Waals surface area contributed by atoms with Gasteiger partial charge in [-0.25, -0.2) is 0 Å². The zero-order chi connectivity index (χ0) is 13.7. The number of rotatable bonds is 6. The van der Waals surface area contributed by atoms with Crippen LogP contribution in [0.15, 0.2) is 28.8 Å². The number of nitrogens with zero attached hydrogens (tertiary/aromatic N) is 2. The number of aliphatic hydroxyl groups excluding tert-OH is 1. The molecule has 2 rings (SSSR count). The molecule has 0 aliphatic heterocycles. The first-order valence-corrected chi connectivity index (χ1v) is 6.49. The number of aliphatic hydroxyl groups is 1. The van der Waals surface area contributed by atoms with E-state index in [1.54, 1.807) is 0 Å². The molecule has 1 aromatic carbocycles. The van der Waals surface area contributed by atoms with Crippen molar-refractivity contribution >= 4 is 0 Å². The van der Waals surface area contributed by atoms with E-state index < -0.39 is 6.10 Å². The van der Waals surface area contributed by atoms with E-state index in [1.807, 2.05) is 31.2 Å². The summed E-state index contributed by atoms with van der Waals surface area (Å²) in [7, 11) is 0. The standard InChI is InChI=1S/C14H18N2O3/c1-3-8-18-11-7-5-6-10(9-11)14-15-13(16-19-14)12(17)4-2/h5-7,9,12,17H,3-4,8H2,1-2H3. The van der Waals surface area contributed by atoms with Gasteiger partial charge in [-0.05, 0) is 31.0 Å². The Bertz CT molecular complexity index is 525. The minimum absolute atomic E-state index is 0.317. The summed E-state index contributed by atoms with van der Waals surface area (Å²) in [6, 6.07) is 7.48. The Balaban J connectivity index is 2.19. The van der Waals surface area contributed by atoms with E-state index in [0.29, 0.717) is 24.7 Å². The van der Waals surface area contributed by atoms with E-state index in [0.717, 1.165) is 17.7 Å². The molecule has 1 unspecified atom stereocenters. The largest absolute Gasteiger partial charge is 0.494 e. The summed E-state index contributed by atoms with van der Waals surface area (Å²) in [5.41, 5.74) is 0.788. The molecule has 0 aliphatic carbocycles. The van der Waals surface area contributed by atoms with Crippen molar-refractivity contribution < 1.29 is 14.4 Å². The smallest absolute Gasteiger partial charge is 0.258 e. The van der Waals surface area contributed by atoms with E-state index in [-0.39, 0.29) is 0 Å². The molecule has 0 spiro atoms. The lowest BCUT2D eigenvalue weighted by molar-refractivity contribution is 0.159. The number of benzene rings is 1. The van der Waals surface area contributed by atoms with Crippen molar-refractivity contribution in [3.05, 3.63) is 30.1 Å². The first-order valence-electron chi connectivity index (χ1n) is 6.49. The zero-order valence-corrected chi connectivity index (χ0v) is 11.2. The molecule has 0 saturated heterocycles. The fourth-order valence-electron chi connectivity index (χ4n) is 1.61. The maximum Gasteiger partial charge on any atom is 0.258 e. The molecular formula is C14H18N2O3. The van der Waals surface area contributed by atoms with Crippen LogP contribution in [-0.2, 0) is 0 Å². The molecule has 0 radical (unpaired) electrons. The van der Waals surface area contributed by atoms with Gasteiger partial charge in [0.25, 0.3) is 5.89 Å². The minimum atomic E-state index is -0.683. The van der Waals surface area contributed by atoms with E-state index in [4.69, 9.17) is 9.26 Å². The maximum atomic E-state index is 9.65. The molecule has 0 saturated carbocycles. The molecule has 0 amide bonds. The second-order valence-corrected chi connectivity index (χ2v) is 4.26. The lowest BCUT2D eigenvalue weighted by atomic mass is 10.2. The average Bonchev–Trinajstić information content (AvgIpc) is 2.94. The van der Waals surface area contributed by atoms with Crippen LogP contribution in [0.1, 0.15) is 38.6 Å². The Hall–Kier alpha value is -1.88. The Morgan fingerprint density at radius 2 is 2.21 bits per heavy atom. The number of ether oxygens (including phenoxy) is 1. The van der Waals surface area contributed by atoms with E-state index in [1.165, 1.54) is 0 Å². The van der Waals surface area contributed by atoms with Crippen molar-refractivity contribution in [1.29, 1.82) is 0 Å². The summed E-state index contributed by atoms with van der Waals surface area (Å²) in [6.07, 6.45) is 0.827. The molecule has 0 fully saturated rings. The van der Waals surface area contributed by atoms with Crippen molar-refractivity contribution in [1.82, 2.24) is 10.1 Å². The summed E-state index contributed by atoms with van der Waals surface area (Å²) < 4.78 is 10.7. The molecule has 1 aromatic heterocycles. The highest BCUT2D eigenvalue weighted by Crippen LogP contribution is 2.24. The first-order chi connectivity index (χ1) is 9.24. The van der Waals surface area contributed by atoms with Gasteiger partial charge in [-0.15, -0.1) is 0 Å². The van der Waals surface area contributed by atoms with Gasteiger partial charge in [0, 0.05) is 5.56 Å². The molecule has 19 heavy (non-hydrogen) atoms. The third-order valence-corrected chi connectivity index (χ3v) is 2.68. The average molecular weight is 262 g/mol. The molecule has 5 heteroatoms. The third-order valence-electron chi connectivity index (χ3n) is 2.68. The van der Waals surface area contributed by atoms with Crippen molar-refractivity contribution in [2.75, 3.05) is 6.61 Å². The highest BCUT2D eigenvalue weighted by molar-refractivity contribution is 5.55. The highest BCUT2D eigenvalue weighted by atomic mass is 16.5. The van der Waals surface area contributed by atoms with Crippen molar-refractivity contribution in [2.45, 2.75) is 32.8 Å².